The van der Waals surface area contributed by atoms with Crippen molar-refractivity contribution in [3.05, 3.63) is 54.0 Å². The van der Waals surface area contributed by atoms with Gasteiger partial charge in [-0.25, -0.2) is 0 Å². The lowest BCUT2D eigenvalue weighted by Gasteiger charge is -2.22. The molecule has 0 saturated carbocycles. The van der Waals surface area contributed by atoms with E-state index in [1.54, 1.807) is 13.4 Å². The third-order valence-electron chi connectivity index (χ3n) is 3.82. The highest BCUT2D eigenvalue weighted by atomic mass is 16.5. The normalized spacial score (nSPS) is 13.9. The summed E-state index contributed by atoms with van der Waals surface area (Å²) in [5.74, 6) is 1.96. The van der Waals surface area contributed by atoms with Crippen LogP contribution in [0.15, 0.2) is 47.1 Å². The van der Waals surface area contributed by atoms with Gasteiger partial charge in [0.25, 0.3) is 0 Å². The summed E-state index contributed by atoms with van der Waals surface area (Å²) in [6, 6.07) is 13.1. The summed E-state index contributed by atoms with van der Waals surface area (Å²) in [7, 11) is 1.70. The molecule has 21 heavy (non-hydrogen) atoms. The number of benzene rings is 1. The molecular formula is C18H25NO2. The summed E-state index contributed by atoms with van der Waals surface area (Å²) in [4.78, 5) is 0. The Hall–Kier alpha value is -1.74. The Morgan fingerprint density at radius 2 is 1.95 bits per heavy atom. The van der Waals surface area contributed by atoms with Gasteiger partial charge in [0.15, 0.2) is 0 Å². The van der Waals surface area contributed by atoms with E-state index in [9.17, 15) is 0 Å². The zero-order valence-corrected chi connectivity index (χ0v) is 13.1. The second kappa shape index (κ2) is 7.89. The van der Waals surface area contributed by atoms with Crippen molar-refractivity contribution in [3.63, 3.8) is 0 Å². The Bertz CT molecular complexity index is 505. The molecule has 0 aliphatic carbocycles. The molecule has 0 saturated heterocycles. The SMILES string of the molecule is CCC(NC(C)CCc1ccco1)c1ccc(OC)cc1. The molecule has 1 heterocycles. The van der Waals surface area contributed by atoms with Crippen LogP contribution in [0.25, 0.3) is 0 Å². The van der Waals surface area contributed by atoms with Crippen molar-refractivity contribution in [2.45, 2.75) is 45.2 Å². The number of furan rings is 1. The van der Waals surface area contributed by atoms with Crippen molar-refractivity contribution in [3.8, 4) is 5.75 Å². The van der Waals surface area contributed by atoms with Gasteiger partial charge in [0.2, 0.25) is 0 Å². The van der Waals surface area contributed by atoms with E-state index in [4.69, 9.17) is 9.15 Å². The topological polar surface area (TPSA) is 34.4 Å². The van der Waals surface area contributed by atoms with E-state index >= 15 is 0 Å². The quantitative estimate of drug-likeness (QED) is 0.783. The van der Waals surface area contributed by atoms with E-state index in [0.717, 1.165) is 30.8 Å². The van der Waals surface area contributed by atoms with E-state index < -0.39 is 0 Å². The van der Waals surface area contributed by atoms with Crippen LogP contribution in [0.3, 0.4) is 0 Å². The Morgan fingerprint density at radius 1 is 1.19 bits per heavy atom. The molecule has 0 amide bonds. The fourth-order valence-electron chi connectivity index (χ4n) is 2.53. The molecule has 2 rings (SSSR count). The first kappa shape index (κ1) is 15.6. The van der Waals surface area contributed by atoms with Gasteiger partial charge in [0.05, 0.1) is 13.4 Å². The van der Waals surface area contributed by atoms with Gasteiger partial charge in [-0.15, -0.1) is 0 Å². The van der Waals surface area contributed by atoms with Crippen molar-refractivity contribution >= 4 is 0 Å². The monoisotopic (exact) mass is 287 g/mol. The number of nitrogens with one attached hydrogen (secondary N) is 1. The molecule has 1 aromatic heterocycles. The second-order valence-electron chi connectivity index (χ2n) is 5.42. The van der Waals surface area contributed by atoms with E-state index in [-0.39, 0.29) is 0 Å². The fraction of sp³-hybridized carbons (Fsp3) is 0.444. The summed E-state index contributed by atoms with van der Waals surface area (Å²) in [6.07, 6.45) is 4.84. The zero-order chi connectivity index (χ0) is 15.1. The lowest BCUT2D eigenvalue weighted by Crippen LogP contribution is -2.30. The van der Waals surface area contributed by atoms with Gasteiger partial charge >= 0.3 is 0 Å². The standard InChI is InChI=1S/C18H25NO2/c1-4-18(15-8-11-16(20-3)12-9-15)19-14(2)7-10-17-6-5-13-21-17/h5-6,8-9,11-14,18-19H,4,7,10H2,1-3H3. The van der Waals surface area contributed by atoms with Crippen molar-refractivity contribution in [1.82, 2.24) is 5.32 Å². The van der Waals surface area contributed by atoms with E-state index in [1.165, 1.54) is 5.56 Å². The van der Waals surface area contributed by atoms with Crippen LogP contribution in [-0.4, -0.2) is 13.2 Å². The maximum atomic E-state index is 5.38. The molecule has 1 N–H and O–H groups in total. The van der Waals surface area contributed by atoms with Crippen LogP contribution >= 0.6 is 0 Å². The molecule has 0 bridgehead atoms. The predicted molar refractivity (Wildman–Crippen MR) is 85.7 cm³/mol. The van der Waals surface area contributed by atoms with Crippen molar-refractivity contribution in [2.75, 3.05) is 7.11 Å². The number of hydrogen-bond acceptors (Lipinski definition) is 3. The second-order valence-corrected chi connectivity index (χ2v) is 5.42. The fourth-order valence-corrected chi connectivity index (χ4v) is 2.53. The average Bonchev–Trinajstić information content (AvgIpc) is 3.04. The van der Waals surface area contributed by atoms with Gasteiger partial charge < -0.3 is 14.5 Å². The minimum absolute atomic E-state index is 0.377. The Morgan fingerprint density at radius 3 is 2.52 bits per heavy atom. The lowest BCUT2D eigenvalue weighted by molar-refractivity contribution is 0.406. The summed E-state index contributed by atoms with van der Waals surface area (Å²) >= 11 is 0. The highest BCUT2D eigenvalue weighted by Gasteiger charge is 2.13. The van der Waals surface area contributed by atoms with Crippen molar-refractivity contribution in [2.24, 2.45) is 0 Å². The van der Waals surface area contributed by atoms with Crippen LogP contribution < -0.4 is 10.1 Å². The predicted octanol–water partition coefficient (Wildman–Crippen LogP) is 4.35. The Balaban J connectivity index is 1.88. The summed E-state index contributed by atoms with van der Waals surface area (Å²) < 4.78 is 10.6. The first-order chi connectivity index (χ1) is 10.2. The van der Waals surface area contributed by atoms with Gasteiger partial charge in [-0.1, -0.05) is 19.1 Å². The summed E-state index contributed by atoms with van der Waals surface area (Å²) in [6.45, 7) is 4.44. The third kappa shape index (κ3) is 4.64. The van der Waals surface area contributed by atoms with Gasteiger partial charge in [-0.05, 0) is 49.6 Å². The molecule has 3 heteroatoms. The van der Waals surface area contributed by atoms with E-state index in [2.05, 4.69) is 31.3 Å². The van der Waals surface area contributed by atoms with Gasteiger partial charge in [-0.2, -0.15) is 0 Å². The molecular weight excluding hydrogens is 262 g/mol. The molecule has 0 aliphatic heterocycles. The molecule has 2 atom stereocenters. The maximum absolute atomic E-state index is 5.38. The minimum atomic E-state index is 0.377. The Kier molecular flexibility index (Phi) is 5.88. The first-order valence-corrected chi connectivity index (χ1v) is 7.65. The summed E-state index contributed by atoms with van der Waals surface area (Å²) in [5.41, 5.74) is 1.31. The number of methoxy groups -OCH3 is 1. The van der Waals surface area contributed by atoms with Crippen LogP contribution in [0, 0.1) is 0 Å². The third-order valence-corrected chi connectivity index (χ3v) is 3.82. The average molecular weight is 287 g/mol. The van der Waals surface area contributed by atoms with Crippen LogP contribution in [0.1, 0.15) is 44.1 Å². The molecule has 2 aromatic rings. The van der Waals surface area contributed by atoms with Gasteiger partial charge in [0.1, 0.15) is 11.5 Å². The summed E-state index contributed by atoms with van der Waals surface area (Å²) in [5, 5.41) is 3.70. The van der Waals surface area contributed by atoms with E-state index in [1.807, 2.05) is 24.3 Å². The molecule has 114 valence electrons. The largest absolute Gasteiger partial charge is 0.497 e. The maximum Gasteiger partial charge on any atom is 0.118 e. The highest BCUT2D eigenvalue weighted by molar-refractivity contribution is 5.29. The van der Waals surface area contributed by atoms with Gasteiger partial charge in [-0.3, -0.25) is 0 Å². The van der Waals surface area contributed by atoms with Crippen molar-refractivity contribution in [1.29, 1.82) is 0 Å². The molecule has 0 spiro atoms. The minimum Gasteiger partial charge on any atom is -0.497 e. The number of hydrogen-bond donors (Lipinski definition) is 1. The highest BCUT2D eigenvalue weighted by Crippen LogP contribution is 2.21. The molecule has 3 nitrogen and oxygen atoms in total. The Labute approximate surface area is 127 Å². The molecule has 0 aliphatic rings. The van der Waals surface area contributed by atoms with Crippen LogP contribution in [-0.2, 0) is 6.42 Å². The first-order valence-electron chi connectivity index (χ1n) is 7.65. The molecule has 0 radical (unpaired) electrons. The number of ether oxygens (including phenoxy) is 1. The van der Waals surface area contributed by atoms with Gasteiger partial charge in [0, 0.05) is 18.5 Å². The van der Waals surface area contributed by atoms with Crippen LogP contribution in [0.2, 0.25) is 0 Å². The molecule has 0 fully saturated rings. The van der Waals surface area contributed by atoms with Crippen LogP contribution in [0.4, 0.5) is 0 Å². The lowest BCUT2D eigenvalue weighted by atomic mass is 10.0. The molecule has 2 unspecified atom stereocenters. The van der Waals surface area contributed by atoms with E-state index in [0.29, 0.717) is 12.1 Å². The number of rotatable bonds is 8. The molecule has 1 aromatic carbocycles. The van der Waals surface area contributed by atoms with Crippen molar-refractivity contribution < 1.29 is 9.15 Å². The van der Waals surface area contributed by atoms with Crippen LogP contribution in [0.5, 0.6) is 5.75 Å². The smallest absolute Gasteiger partial charge is 0.118 e. The zero-order valence-electron chi connectivity index (χ0n) is 13.1. The number of aryl methyl sites for hydroxylation is 1.